The largest absolute Gasteiger partial charge is 0.454 e. The summed E-state index contributed by atoms with van der Waals surface area (Å²) < 4.78 is 26.8. The summed E-state index contributed by atoms with van der Waals surface area (Å²) in [5.41, 5.74) is 0.592. The Morgan fingerprint density at radius 3 is 2.87 bits per heavy atom. The molecular formula is C20H14FN5O4S. The topological polar surface area (TPSA) is 99.8 Å². The third-order valence-electron chi connectivity index (χ3n) is 4.51. The maximum absolute atomic E-state index is 13.5. The number of anilines is 1. The van der Waals surface area contributed by atoms with E-state index >= 15 is 0 Å². The molecule has 0 unspecified atom stereocenters. The van der Waals surface area contributed by atoms with Gasteiger partial charge in [-0.15, -0.1) is 10.2 Å². The number of nitrogens with one attached hydrogen (secondary N) is 1. The van der Waals surface area contributed by atoms with Crippen molar-refractivity contribution < 1.29 is 18.7 Å². The van der Waals surface area contributed by atoms with E-state index in [-0.39, 0.29) is 24.1 Å². The van der Waals surface area contributed by atoms with Crippen molar-refractivity contribution in [1.82, 2.24) is 19.2 Å². The molecule has 0 fully saturated rings. The number of aromatic nitrogens is 4. The van der Waals surface area contributed by atoms with Crippen molar-refractivity contribution in [2.24, 2.45) is 0 Å². The summed E-state index contributed by atoms with van der Waals surface area (Å²) in [6, 6.07) is 10.8. The predicted octanol–water partition coefficient (Wildman–Crippen LogP) is 2.48. The minimum Gasteiger partial charge on any atom is -0.454 e. The van der Waals surface area contributed by atoms with Crippen molar-refractivity contribution in [1.29, 1.82) is 0 Å². The number of carbonyl (C=O) groups excluding carboxylic acids is 1. The maximum atomic E-state index is 13.5. The van der Waals surface area contributed by atoms with Crippen LogP contribution in [0.5, 0.6) is 11.5 Å². The fourth-order valence-electron chi connectivity index (χ4n) is 3.10. The molecule has 5 rings (SSSR count). The molecule has 2 aromatic heterocycles. The Balaban J connectivity index is 1.31. The summed E-state index contributed by atoms with van der Waals surface area (Å²) in [6.07, 6.45) is 3.10. The van der Waals surface area contributed by atoms with Crippen LogP contribution in [0.1, 0.15) is 0 Å². The molecule has 2 aromatic carbocycles. The van der Waals surface area contributed by atoms with Gasteiger partial charge in [0.25, 0.3) is 0 Å². The minimum absolute atomic E-state index is 0.0578. The van der Waals surface area contributed by atoms with Crippen LogP contribution in [0.25, 0.3) is 11.3 Å². The van der Waals surface area contributed by atoms with Gasteiger partial charge in [0, 0.05) is 24.1 Å². The molecular weight excluding hydrogens is 425 g/mol. The Kier molecular flexibility index (Phi) is 4.79. The van der Waals surface area contributed by atoms with Crippen molar-refractivity contribution >= 4 is 29.0 Å². The van der Waals surface area contributed by atoms with E-state index in [1.807, 2.05) is 0 Å². The summed E-state index contributed by atoms with van der Waals surface area (Å²) in [5, 5.41) is 11.1. The van der Waals surface area contributed by atoms with Gasteiger partial charge in [0.15, 0.2) is 16.7 Å². The van der Waals surface area contributed by atoms with Crippen molar-refractivity contribution in [2.45, 2.75) is 5.16 Å². The van der Waals surface area contributed by atoms with Crippen LogP contribution in [-0.2, 0) is 4.79 Å². The Hall–Kier alpha value is -3.86. The fourth-order valence-corrected chi connectivity index (χ4v) is 3.81. The molecule has 3 heterocycles. The average Bonchev–Trinajstić information content (AvgIpc) is 3.39. The Morgan fingerprint density at radius 2 is 2.00 bits per heavy atom. The molecule has 4 aromatic rings. The van der Waals surface area contributed by atoms with Crippen molar-refractivity contribution in [3.63, 3.8) is 0 Å². The Morgan fingerprint density at radius 1 is 1.13 bits per heavy atom. The van der Waals surface area contributed by atoms with Crippen LogP contribution in [0.3, 0.4) is 0 Å². The molecule has 0 aliphatic carbocycles. The van der Waals surface area contributed by atoms with Gasteiger partial charge in [-0.1, -0.05) is 17.8 Å². The lowest BCUT2D eigenvalue weighted by atomic mass is 10.3. The standard InChI is InChI=1S/C20H14FN5O4S/c21-12-2-1-3-14(8-12)25-6-7-26-18(19(25)28)23-24-20(26)31-10-17(27)22-13-4-5-15-16(9-13)30-11-29-15/h1-9H,10-11H2,(H,22,27). The fraction of sp³-hybridized carbons (Fsp3) is 0.100. The van der Waals surface area contributed by atoms with E-state index in [1.54, 1.807) is 30.5 Å². The molecule has 0 saturated carbocycles. The second-order valence-electron chi connectivity index (χ2n) is 6.53. The molecule has 0 atom stereocenters. The lowest BCUT2D eigenvalue weighted by Gasteiger charge is -2.07. The van der Waals surface area contributed by atoms with Crippen LogP contribution in [-0.4, -0.2) is 37.6 Å². The average molecular weight is 439 g/mol. The molecule has 0 saturated heterocycles. The van der Waals surface area contributed by atoms with Gasteiger partial charge in [0.1, 0.15) is 5.82 Å². The number of ether oxygens (including phenoxy) is 2. The van der Waals surface area contributed by atoms with Crippen LogP contribution in [0.2, 0.25) is 0 Å². The van der Waals surface area contributed by atoms with Gasteiger partial charge in [-0.2, -0.15) is 0 Å². The molecule has 1 aliphatic rings. The van der Waals surface area contributed by atoms with Gasteiger partial charge in [0.05, 0.1) is 11.4 Å². The number of fused-ring (bicyclic) bond motifs is 2. The van der Waals surface area contributed by atoms with E-state index < -0.39 is 11.4 Å². The number of benzene rings is 2. The van der Waals surface area contributed by atoms with Gasteiger partial charge in [-0.05, 0) is 30.3 Å². The molecule has 0 bridgehead atoms. The predicted molar refractivity (Wildman–Crippen MR) is 110 cm³/mol. The van der Waals surface area contributed by atoms with Gasteiger partial charge in [0.2, 0.25) is 18.3 Å². The zero-order valence-electron chi connectivity index (χ0n) is 15.8. The first-order chi connectivity index (χ1) is 15.1. The summed E-state index contributed by atoms with van der Waals surface area (Å²) in [4.78, 5) is 25.1. The summed E-state index contributed by atoms with van der Waals surface area (Å²) in [6.45, 7) is 0.156. The first-order valence-corrected chi connectivity index (χ1v) is 10.1. The number of halogens is 1. The zero-order chi connectivity index (χ0) is 21.4. The Bertz CT molecular complexity index is 1370. The number of hydrogen-bond acceptors (Lipinski definition) is 7. The molecule has 156 valence electrons. The molecule has 9 nitrogen and oxygen atoms in total. The van der Waals surface area contributed by atoms with E-state index in [0.717, 1.165) is 11.8 Å². The van der Waals surface area contributed by atoms with Crippen molar-refractivity contribution in [3.05, 3.63) is 71.0 Å². The Labute approximate surface area is 178 Å². The second-order valence-corrected chi connectivity index (χ2v) is 7.48. The van der Waals surface area contributed by atoms with Gasteiger partial charge < -0.3 is 14.8 Å². The second kappa shape index (κ2) is 7.76. The van der Waals surface area contributed by atoms with E-state index in [2.05, 4.69) is 15.5 Å². The van der Waals surface area contributed by atoms with Crippen molar-refractivity contribution in [3.8, 4) is 17.2 Å². The highest BCUT2D eigenvalue weighted by Gasteiger charge is 2.16. The van der Waals surface area contributed by atoms with Gasteiger partial charge in [-0.25, -0.2) is 4.39 Å². The van der Waals surface area contributed by atoms with E-state index in [1.165, 1.54) is 33.4 Å². The highest BCUT2D eigenvalue weighted by atomic mass is 32.2. The quantitative estimate of drug-likeness (QED) is 0.477. The molecule has 0 radical (unpaired) electrons. The summed E-state index contributed by atoms with van der Waals surface area (Å²) >= 11 is 1.14. The molecule has 1 aliphatic heterocycles. The molecule has 0 spiro atoms. The number of nitrogens with zero attached hydrogens (tertiary/aromatic N) is 4. The molecule has 11 heteroatoms. The van der Waals surface area contributed by atoms with Crippen LogP contribution in [0, 0.1) is 5.82 Å². The zero-order valence-corrected chi connectivity index (χ0v) is 16.6. The SMILES string of the molecule is O=C(CSc1nnc2c(=O)n(-c3cccc(F)c3)ccn12)Nc1ccc2c(c1)OCO2. The minimum atomic E-state index is -0.449. The first-order valence-electron chi connectivity index (χ1n) is 9.13. The lowest BCUT2D eigenvalue weighted by molar-refractivity contribution is -0.113. The van der Waals surface area contributed by atoms with Gasteiger partial charge >= 0.3 is 5.56 Å². The van der Waals surface area contributed by atoms with Crippen LogP contribution in [0.4, 0.5) is 10.1 Å². The monoisotopic (exact) mass is 439 g/mol. The number of rotatable bonds is 5. The molecule has 1 amide bonds. The van der Waals surface area contributed by atoms with Crippen LogP contribution in [0.15, 0.2) is 64.8 Å². The third kappa shape index (κ3) is 3.70. The number of hydrogen-bond donors (Lipinski definition) is 1. The van der Waals surface area contributed by atoms with Crippen LogP contribution < -0.4 is 20.3 Å². The van der Waals surface area contributed by atoms with Crippen molar-refractivity contribution in [2.75, 3.05) is 17.9 Å². The third-order valence-corrected chi connectivity index (χ3v) is 5.46. The highest BCUT2D eigenvalue weighted by molar-refractivity contribution is 7.99. The first kappa shape index (κ1) is 19.1. The van der Waals surface area contributed by atoms with Gasteiger partial charge in [-0.3, -0.25) is 18.6 Å². The number of carbonyl (C=O) groups is 1. The smallest absolute Gasteiger partial charge is 0.300 e. The molecule has 31 heavy (non-hydrogen) atoms. The van der Waals surface area contributed by atoms with E-state index in [0.29, 0.717) is 28.0 Å². The van der Waals surface area contributed by atoms with E-state index in [4.69, 9.17) is 9.47 Å². The number of thioether (sulfide) groups is 1. The maximum Gasteiger partial charge on any atom is 0.300 e. The summed E-state index contributed by atoms with van der Waals surface area (Å²) in [5.74, 6) is 0.557. The van der Waals surface area contributed by atoms with Crippen LogP contribution >= 0.6 is 11.8 Å². The number of amides is 1. The van der Waals surface area contributed by atoms with E-state index in [9.17, 15) is 14.0 Å². The summed E-state index contributed by atoms with van der Waals surface area (Å²) in [7, 11) is 0. The highest BCUT2D eigenvalue weighted by Crippen LogP contribution is 2.34. The molecule has 1 N–H and O–H groups in total. The normalized spacial score (nSPS) is 12.3. The lowest BCUT2D eigenvalue weighted by Crippen LogP contribution is -2.20.